The van der Waals surface area contributed by atoms with Crippen LogP contribution in [0.3, 0.4) is 0 Å². The Morgan fingerprint density at radius 3 is 2.56 bits per heavy atom. The Labute approximate surface area is 57.6 Å². The van der Waals surface area contributed by atoms with Crippen molar-refractivity contribution in [2.75, 3.05) is 6.54 Å². The molecule has 0 radical (unpaired) electrons. The molecule has 0 saturated heterocycles. The highest BCUT2D eigenvalue weighted by molar-refractivity contribution is 4.81. The van der Waals surface area contributed by atoms with Gasteiger partial charge in [-0.1, -0.05) is 13.3 Å². The van der Waals surface area contributed by atoms with E-state index >= 15 is 0 Å². The van der Waals surface area contributed by atoms with E-state index in [4.69, 9.17) is 5.73 Å². The van der Waals surface area contributed by atoms with Crippen molar-refractivity contribution in [3.63, 3.8) is 0 Å². The monoisotopic (exact) mass is 127 g/mol. The van der Waals surface area contributed by atoms with Crippen molar-refractivity contribution >= 4 is 0 Å². The first-order valence-electron chi connectivity index (χ1n) is 4.08. The molecule has 2 N–H and O–H groups in total. The predicted molar refractivity (Wildman–Crippen MR) is 40.2 cm³/mol. The van der Waals surface area contributed by atoms with E-state index in [-0.39, 0.29) is 0 Å². The Morgan fingerprint density at radius 2 is 2.22 bits per heavy atom. The predicted octanol–water partition coefficient (Wildman–Crippen LogP) is 1.77. The van der Waals surface area contributed by atoms with Crippen LogP contribution in [0.15, 0.2) is 0 Å². The maximum absolute atomic E-state index is 5.60. The first kappa shape index (κ1) is 7.07. The Bertz CT molecular complexity index is 76.6. The number of rotatable bonds is 4. The molecule has 0 aromatic carbocycles. The van der Waals surface area contributed by atoms with Crippen molar-refractivity contribution in [1.82, 2.24) is 0 Å². The molecule has 1 aliphatic rings. The third-order valence-corrected chi connectivity index (χ3v) is 2.25. The summed E-state index contributed by atoms with van der Waals surface area (Å²) in [6.45, 7) is 3.16. The number of nitrogens with two attached hydrogens (primary N) is 1. The van der Waals surface area contributed by atoms with Crippen LogP contribution in [0, 0.1) is 11.8 Å². The van der Waals surface area contributed by atoms with Crippen molar-refractivity contribution in [3.8, 4) is 0 Å². The minimum atomic E-state index is 0.856. The van der Waals surface area contributed by atoms with E-state index in [1.54, 1.807) is 0 Å². The van der Waals surface area contributed by atoms with Gasteiger partial charge in [0.1, 0.15) is 0 Å². The Kier molecular flexibility index (Phi) is 2.52. The summed E-state index contributed by atoms with van der Waals surface area (Å²) in [6, 6.07) is 0. The average molecular weight is 127 g/mol. The Morgan fingerprint density at radius 1 is 1.56 bits per heavy atom. The lowest BCUT2D eigenvalue weighted by Crippen LogP contribution is -2.15. The van der Waals surface area contributed by atoms with Crippen molar-refractivity contribution in [3.05, 3.63) is 0 Å². The van der Waals surface area contributed by atoms with Gasteiger partial charge < -0.3 is 5.73 Å². The largest absolute Gasteiger partial charge is 0.330 e. The Hall–Kier alpha value is -0.0400. The molecule has 0 amide bonds. The van der Waals surface area contributed by atoms with Gasteiger partial charge >= 0.3 is 0 Å². The molecule has 0 bridgehead atoms. The van der Waals surface area contributed by atoms with Crippen LogP contribution in [0.5, 0.6) is 0 Å². The molecular weight excluding hydrogens is 110 g/mol. The van der Waals surface area contributed by atoms with Crippen LogP contribution in [0.4, 0.5) is 0 Å². The molecule has 9 heavy (non-hydrogen) atoms. The molecule has 1 aliphatic carbocycles. The van der Waals surface area contributed by atoms with E-state index in [9.17, 15) is 0 Å². The second-order valence-electron chi connectivity index (χ2n) is 3.12. The highest BCUT2D eigenvalue weighted by Crippen LogP contribution is 2.38. The molecule has 0 heterocycles. The number of hydrogen-bond acceptors (Lipinski definition) is 1. The molecule has 54 valence electrons. The zero-order valence-electron chi connectivity index (χ0n) is 6.27. The number of hydrogen-bond donors (Lipinski definition) is 1. The lowest BCUT2D eigenvalue weighted by atomic mass is 9.99. The second-order valence-corrected chi connectivity index (χ2v) is 3.12. The van der Waals surface area contributed by atoms with Gasteiger partial charge in [0.2, 0.25) is 0 Å². The first-order valence-corrected chi connectivity index (χ1v) is 4.08. The lowest BCUT2D eigenvalue weighted by Gasteiger charge is -2.10. The van der Waals surface area contributed by atoms with Crippen molar-refractivity contribution in [2.24, 2.45) is 17.6 Å². The summed E-state index contributed by atoms with van der Waals surface area (Å²) in [5, 5.41) is 0. The average Bonchev–Trinajstić information content (AvgIpc) is 2.64. The van der Waals surface area contributed by atoms with E-state index in [1.807, 2.05) is 0 Å². The second kappa shape index (κ2) is 3.21. The molecule has 1 atom stereocenters. The van der Waals surface area contributed by atoms with Crippen LogP contribution < -0.4 is 5.73 Å². The van der Waals surface area contributed by atoms with Crippen molar-refractivity contribution in [1.29, 1.82) is 0 Å². The summed E-state index contributed by atoms with van der Waals surface area (Å²) in [7, 11) is 0. The molecule has 0 aromatic rings. The summed E-state index contributed by atoms with van der Waals surface area (Å²) in [6.07, 6.45) is 5.54. The van der Waals surface area contributed by atoms with Gasteiger partial charge in [-0.25, -0.2) is 0 Å². The van der Waals surface area contributed by atoms with Gasteiger partial charge in [0.05, 0.1) is 0 Å². The molecule has 0 aliphatic heterocycles. The minimum absolute atomic E-state index is 0.856. The summed E-state index contributed by atoms with van der Waals surface area (Å²) >= 11 is 0. The molecule has 0 unspecified atom stereocenters. The molecule has 1 saturated carbocycles. The fraction of sp³-hybridized carbons (Fsp3) is 1.00. The highest BCUT2D eigenvalue weighted by atomic mass is 14.6. The summed E-state index contributed by atoms with van der Waals surface area (Å²) in [5.74, 6) is 1.87. The third-order valence-electron chi connectivity index (χ3n) is 2.25. The van der Waals surface area contributed by atoms with Gasteiger partial charge in [0.25, 0.3) is 0 Å². The van der Waals surface area contributed by atoms with Gasteiger partial charge in [-0.2, -0.15) is 0 Å². The zero-order chi connectivity index (χ0) is 6.69. The van der Waals surface area contributed by atoms with Gasteiger partial charge in [-0.05, 0) is 37.6 Å². The normalized spacial score (nSPS) is 22.0. The molecule has 1 fully saturated rings. The van der Waals surface area contributed by atoms with Crippen LogP contribution in [0.2, 0.25) is 0 Å². The van der Waals surface area contributed by atoms with Gasteiger partial charge in [-0.15, -0.1) is 0 Å². The Balaban J connectivity index is 2.12. The van der Waals surface area contributed by atoms with E-state index in [0.29, 0.717) is 0 Å². The quantitative estimate of drug-likeness (QED) is 0.612. The standard InChI is InChI=1S/C8H17N/c1-2-3-8(6-9)7-4-5-7/h7-8H,2-6,9H2,1H3/t8-/m0/s1. The summed E-state index contributed by atoms with van der Waals surface area (Å²) < 4.78 is 0. The molecule has 0 aromatic heterocycles. The van der Waals surface area contributed by atoms with Gasteiger partial charge in [-0.3, -0.25) is 0 Å². The highest BCUT2D eigenvalue weighted by Gasteiger charge is 2.28. The molecule has 1 nitrogen and oxygen atoms in total. The van der Waals surface area contributed by atoms with Crippen LogP contribution in [-0.4, -0.2) is 6.54 Å². The maximum Gasteiger partial charge on any atom is -0.00462 e. The fourth-order valence-corrected chi connectivity index (χ4v) is 1.48. The van der Waals surface area contributed by atoms with Gasteiger partial charge in [0, 0.05) is 0 Å². The zero-order valence-corrected chi connectivity index (χ0v) is 6.27. The molecule has 0 spiro atoms. The van der Waals surface area contributed by atoms with Crippen LogP contribution >= 0.6 is 0 Å². The molecule has 1 heteroatoms. The fourth-order valence-electron chi connectivity index (χ4n) is 1.48. The van der Waals surface area contributed by atoms with Crippen molar-refractivity contribution in [2.45, 2.75) is 32.6 Å². The van der Waals surface area contributed by atoms with E-state index < -0.39 is 0 Å². The van der Waals surface area contributed by atoms with Crippen LogP contribution in [-0.2, 0) is 0 Å². The van der Waals surface area contributed by atoms with Crippen LogP contribution in [0.1, 0.15) is 32.6 Å². The van der Waals surface area contributed by atoms with E-state index in [1.165, 1.54) is 25.7 Å². The molecule has 1 rings (SSSR count). The summed E-state index contributed by atoms with van der Waals surface area (Å²) in [5.41, 5.74) is 5.60. The molecular formula is C8H17N. The van der Waals surface area contributed by atoms with Gasteiger partial charge in [0.15, 0.2) is 0 Å². The smallest absolute Gasteiger partial charge is 0.00462 e. The topological polar surface area (TPSA) is 26.0 Å². The van der Waals surface area contributed by atoms with Crippen LogP contribution in [0.25, 0.3) is 0 Å². The first-order chi connectivity index (χ1) is 4.38. The van der Waals surface area contributed by atoms with Crippen molar-refractivity contribution < 1.29 is 0 Å². The minimum Gasteiger partial charge on any atom is -0.330 e. The van der Waals surface area contributed by atoms with E-state index in [0.717, 1.165) is 18.4 Å². The third kappa shape index (κ3) is 1.98. The maximum atomic E-state index is 5.60. The summed E-state index contributed by atoms with van der Waals surface area (Å²) in [4.78, 5) is 0. The van der Waals surface area contributed by atoms with E-state index in [2.05, 4.69) is 6.92 Å². The lowest BCUT2D eigenvalue weighted by molar-refractivity contribution is 0.434. The SMILES string of the molecule is CCC[C@@H](CN)C1CC1.